The van der Waals surface area contributed by atoms with Crippen LogP contribution in [0.25, 0.3) is 0 Å². The van der Waals surface area contributed by atoms with Gasteiger partial charge in [0.15, 0.2) is 11.5 Å². The molecule has 0 saturated carbocycles. The van der Waals surface area contributed by atoms with Gasteiger partial charge in [-0.2, -0.15) is 0 Å². The molecule has 26 heavy (non-hydrogen) atoms. The third-order valence-corrected chi connectivity index (χ3v) is 5.04. The second kappa shape index (κ2) is 6.99. The lowest BCUT2D eigenvalue weighted by molar-refractivity contribution is -0.132. The molecule has 1 fully saturated rings. The van der Waals surface area contributed by atoms with Gasteiger partial charge in [0, 0.05) is 23.2 Å². The van der Waals surface area contributed by atoms with Crippen LogP contribution in [0.2, 0.25) is 0 Å². The second-order valence-electron chi connectivity index (χ2n) is 6.22. The fourth-order valence-corrected chi connectivity index (χ4v) is 3.57. The van der Waals surface area contributed by atoms with Gasteiger partial charge in [0.1, 0.15) is 5.92 Å². The summed E-state index contributed by atoms with van der Waals surface area (Å²) in [5.41, 5.74) is 1.70. The van der Waals surface area contributed by atoms with Gasteiger partial charge in [-0.05, 0) is 42.3 Å². The molecule has 2 amide bonds. The van der Waals surface area contributed by atoms with E-state index in [4.69, 9.17) is 9.47 Å². The zero-order chi connectivity index (χ0) is 18.1. The first-order valence-electron chi connectivity index (χ1n) is 8.35. The lowest BCUT2D eigenvalue weighted by Crippen LogP contribution is -2.36. The van der Waals surface area contributed by atoms with Crippen LogP contribution < -0.4 is 19.7 Å². The molecule has 0 bridgehead atoms. The van der Waals surface area contributed by atoms with Crippen molar-refractivity contribution in [2.75, 3.05) is 18.2 Å². The summed E-state index contributed by atoms with van der Waals surface area (Å²) < 4.78 is 11.5. The number of anilines is 1. The molecule has 0 unspecified atom stereocenters. The fraction of sp³-hybridized carbons (Fsp3) is 0.263. The zero-order valence-electron chi connectivity index (χ0n) is 13.9. The number of nitrogens with one attached hydrogen (secondary N) is 1. The summed E-state index contributed by atoms with van der Waals surface area (Å²) in [6, 6.07) is 13.1. The molecule has 2 aliphatic rings. The highest BCUT2D eigenvalue weighted by Crippen LogP contribution is 2.32. The number of nitrogens with zero attached hydrogens (tertiary/aromatic N) is 1. The number of ether oxygens (including phenoxy) is 2. The number of rotatable bonds is 4. The van der Waals surface area contributed by atoms with Crippen molar-refractivity contribution in [1.82, 2.24) is 5.32 Å². The van der Waals surface area contributed by atoms with E-state index < -0.39 is 5.92 Å². The first kappa shape index (κ1) is 16.9. The predicted octanol–water partition coefficient (Wildman–Crippen LogP) is 2.85. The van der Waals surface area contributed by atoms with E-state index in [1.807, 2.05) is 42.5 Å². The normalized spacial score (nSPS) is 18.3. The van der Waals surface area contributed by atoms with Gasteiger partial charge in [0.25, 0.3) is 0 Å². The average molecular weight is 417 g/mol. The smallest absolute Gasteiger partial charge is 0.239 e. The minimum Gasteiger partial charge on any atom is -0.454 e. The Labute approximate surface area is 159 Å². The van der Waals surface area contributed by atoms with Crippen molar-refractivity contribution in [3.05, 3.63) is 52.5 Å². The summed E-state index contributed by atoms with van der Waals surface area (Å²) >= 11 is 3.41. The standard InChI is InChI=1S/C19H17BrN2O4/c20-13-2-1-3-14(9-13)22-7-6-15(19(22)24)18(23)21-10-12-4-5-16-17(8-12)26-11-25-16/h1-5,8-9,15H,6-7,10-11H2,(H,21,23)/t15-/m1/s1. The molecule has 1 atom stereocenters. The number of halogens is 1. The van der Waals surface area contributed by atoms with Gasteiger partial charge in [-0.1, -0.05) is 28.1 Å². The molecule has 4 rings (SSSR count). The summed E-state index contributed by atoms with van der Waals surface area (Å²) in [6.45, 7) is 1.10. The van der Waals surface area contributed by atoms with E-state index in [9.17, 15) is 9.59 Å². The van der Waals surface area contributed by atoms with Gasteiger partial charge in [-0.15, -0.1) is 0 Å². The maximum Gasteiger partial charge on any atom is 0.239 e. The Balaban J connectivity index is 1.39. The monoisotopic (exact) mass is 416 g/mol. The summed E-state index contributed by atoms with van der Waals surface area (Å²) in [4.78, 5) is 26.8. The van der Waals surface area contributed by atoms with Crippen LogP contribution >= 0.6 is 15.9 Å². The van der Waals surface area contributed by atoms with Crippen molar-refractivity contribution in [3.63, 3.8) is 0 Å². The number of fused-ring (bicyclic) bond motifs is 1. The van der Waals surface area contributed by atoms with Crippen LogP contribution in [-0.2, 0) is 16.1 Å². The highest BCUT2D eigenvalue weighted by atomic mass is 79.9. The van der Waals surface area contributed by atoms with Crippen LogP contribution in [-0.4, -0.2) is 25.2 Å². The van der Waals surface area contributed by atoms with Crippen molar-refractivity contribution in [2.24, 2.45) is 5.92 Å². The van der Waals surface area contributed by atoms with Gasteiger partial charge < -0.3 is 19.7 Å². The number of hydrogen-bond acceptors (Lipinski definition) is 4. The Morgan fingerprint density at radius 2 is 2.04 bits per heavy atom. The number of carbonyl (C=O) groups excluding carboxylic acids is 2. The maximum atomic E-state index is 12.6. The molecule has 2 aromatic rings. The first-order chi connectivity index (χ1) is 12.6. The Morgan fingerprint density at radius 3 is 2.88 bits per heavy atom. The maximum absolute atomic E-state index is 12.6. The molecule has 134 valence electrons. The van der Waals surface area contributed by atoms with Crippen LogP contribution in [0.4, 0.5) is 5.69 Å². The lowest BCUT2D eigenvalue weighted by atomic mass is 10.1. The zero-order valence-corrected chi connectivity index (χ0v) is 15.5. The van der Waals surface area contributed by atoms with E-state index in [2.05, 4.69) is 21.2 Å². The van der Waals surface area contributed by atoms with Gasteiger partial charge >= 0.3 is 0 Å². The molecule has 0 aromatic heterocycles. The van der Waals surface area contributed by atoms with Crippen LogP contribution in [0.5, 0.6) is 11.5 Å². The minimum absolute atomic E-state index is 0.161. The molecular formula is C19H17BrN2O4. The lowest BCUT2D eigenvalue weighted by Gasteiger charge is -2.17. The van der Waals surface area contributed by atoms with E-state index in [1.165, 1.54) is 0 Å². The largest absolute Gasteiger partial charge is 0.454 e. The Morgan fingerprint density at radius 1 is 1.19 bits per heavy atom. The van der Waals surface area contributed by atoms with Crippen molar-refractivity contribution in [3.8, 4) is 11.5 Å². The Kier molecular flexibility index (Phi) is 4.55. The first-order valence-corrected chi connectivity index (χ1v) is 9.14. The molecule has 2 heterocycles. The molecule has 7 heteroatoms. The van der Waals surface area contributed by atoms with Crippen LogP contribution in [0.15, 0.2) is 46.9 Å². The summed E-state index contributed by atoms with van der Waals surface area (Å²) in [7, 11) is 0. The van der Waals surface area contributed by atoms with Crippen LogP contribution in [0.1, 0.15) is 12.0 Å². The van der Waals surface area contributed by atoms with E-state index in [0.717, 1.165) is 15.7 Å². The molecule has 0 aliphatic carbocycles. The predicted molar refractivity (Wildman–Crippen MR) is 99.0 cm³/mol. The molecule has 0 radical (unpaired) electrons. The Hall–Kier alpha value is -2.54. The summed E-state index contributed by atoms with van der Waals surface area (Å²) in [5.74, 6) is 0.324. The van der Waals surface area contributed by atoms with Crippen LogP contribution in [0.3, 0.4) is 0 Å². The van der Waals surface area contributed by atoms with Gasteiger partial charge in [-0.25, -0.2) is 0 Å². The average Bonchev–Trinajstić information content (AvgIpc) is 3.25. The van der Waals surface area contributed by atoms with Crippen LogP contribution in [0, 0.1) is 5.92 Å². The molecule has 1 saturated heterocycles. The topological polar surface area (TPSA) is 67.9 Å². The van der Waals surface area contributed by atoms with E-state index in [1.54, 1.807) is 4.90 Å². The molecule has 0 spiro atoms. The molecule has 2 aromatic carbocycles. The van der Waals surface area contributed by atoms with Crippen molar-refractivity contribution in [2.45, 2.75) is 13.0 Å². The van der Waals surface area contributed by atoms with Gasteiger partial charge in [0.2, 0.25) is 18.6 Å². The molecule has 2 aliphatic heterocycles. The number of hydrogen-bond donors (Lipinski definition) is 1. The van der Waals surface area contributed by atoms with Gasteiger partial charge in [0.05, 0.1) is 0 Å². The van der Waals surface area contributed by atoms with Crippen molar-refractivity contribution >= 4 is 33.4 Å². The third kappa shape index (κ3) is 3.26. The third-order valence-electron chi connectivity index (χ3n) is 4.55. The van der Waals surface area contributed by atoms with E-state index in [0.29, 0.717) is 31.0 Å². The highest BCUT2D eigenvalue weighted by Gasteiger charge is 2.37. The molecule has 6 nitrogen and oxygen atoms in total. The quantitative estimate of drug-likeness (QED) is 0.778. The number of carbonyl (C=O) groups is 2. The molecular weight excluding hydrogens is 400 g/mol. The Bertz CT molecular complexity index is 870. The second-order valence-corrected chi connectivity index (χ2v) is 7.13. The highest BCUT2D eigenvalue weighted by molar-refractivity contribution is 9.10. The van der Waals surface area contributed by atoms with E-state index in [-0.39, 0.29) is 18.6 Å². The van der Waals surface area contributed by atoms with E-state index >= 15 is 0 Å². The van der Waals surface area contributed by atoms with Crippen molar-refractivity contribution < 1.29 is 19.1 Å². The number of benzene rings is 2. The van der Waals surface area contributed by atoms with Gasteiger partial charge in [-0.3, -0.25) is 9.59 Å². The summed E-state index contributed by atoms with van der Waals surface area (Å²) in [6.07, 6.45) is 0.512. The number of amides is 2. The fourth-order valence-electron chi connectivity index (χ4n) is 3.19. The molecule has 1 N–H and O–H groups in total. The van der Waals surface area contributed by atoms with Crippen molar-refractivity contribution in [1.29, 1.82) is 0 Å². The summed E-state index contributed by atoms with van der Waals surface area (Å²) in [5, 5.41) is 2.85. The SMILES string of the molecule is O=C(NCc1ccc2c(c1)OCO2)[C@H]1CCN(c2cccc(Br)c2)C1=O. The minimum atomic E-state index is -0.650.